The van der Waals surface area contributed by atoms with Crippen LogP contribution in [0.1, 0.15) is 31.1 Å². The number of rotatable bonds is 6. The second kappa shape index (κ2) is 8.41. The molecule has 1 atom stereocenters. The number of benzene rings is 1. The van der Waals surface area contributed by atoms with Gasteiger partial charge in [-0.05, 0) is 43.3 Å². The highest BCUT2D eigenvalue weighted by Crippen LogP contribution is 2.19. The van der Waals surface area contributed by atoms with Crippen molar-refractivity contribution in [3.63, 3.8) is 0 Å². The van der Waals surface area contributed by atoms with E-state index >= 15 is 0 Å². The number of halogens is 1. The van der Waals surface area contributed by atoms with Crippen LogP contribution in [-0.2, 0) is 6.54 Å². The van der Waals surface area contributed by atoms with E-state index in [1.54, 1.807) is 6.07 Å². The zero-order valence-electron chi connectivity index (χ0n) is 15.1. The number of aromatic nitrogens is 1. The zero-order valence-corrected chi connectivity index (χ0v) is 15.1. The second-order valence-electron chi connectivity index (χ2n) is 6.67. The van der Waals surface area contributed by atoms with E-state index in [-0.39, 0.29) is 11.9 Å². The third-order valence-electron chi connectivity index (χ3n) is 4.85. The SMILES string of the molecule is CCN1CCN(Cc2ccc(NC(C)c3ccc(F)cn3)cc2)CC1. The number of pyridine rings is 1. The largest absolute Gasteiger partial charge is 0.377 e. The lowest BCUT2D eigenvalue weighted by Gasteiger charge is -2.34. The summed E-state index contributed by atoms with van der Waals surface area (Å²) >= 11 is 0. The molecule has 1 aromatic heterocycles. The van der Waals surface area contributed by atoms with Gasteiger partial charge in [0.1, 0.15) is 5.82 Å². The van der Waals surface area contributed by atoms with E-state index in [0.29, 0.717) is 0 Å². The Balaban J connectivity index is 1.52. The monoisotopic (exact) mass is 342 g/mol. The first-order valence-corrected chi connectivity index (χ1v) is 9.05. The van der Waals surface area contributed by atoms with Gasteiger partial charge in [0.15, 0.2) is 0 Å². The first kappa shape index (κ1) is 17.8. The van der Waals surface area contributed by atoms with Crippen LogP contribution < -0.4 is 5.32 Å². The fourth-order valence-corrected chi connectivity index (χ4v) is 3.20. The van der Waals surface area contributed by atoms with Crippen LogP contribution in [0.5, 0.6) is 0 Å². The van der Waals surface area contributed by atoms with Crippen LogP contribution in [0.15, 0.2) is 42.6 Å². The van der Waals surface area contributed by atoms with Gasteiger partial charge in [-0.25, -0.2) is 4.39 Å². The fourth-order valence-electron chi connectivity index (χ4n) is 3.20. The molecule has 0 spiro atoms. The maximum absolute atomic E-state index is 13.0. The second-order valence-corrected chi connectivity index (χ2v) is 6.67. The summed E-state index contributed by atoms with van der Waals surface area (Å²) in [7, 11) is 0. The van der Waals surface area contributed by atoms with Crippen molar-refractivity contribution in [2.45, 2.75) is 26.4 Å². The maximum atomic E-state index is 13.0. The van der Waals surface area contributed by atoms with Gasteiger partial charge in [-0.3, -0.25) is 9.88 Å². The summed E-state index contributed by atoms with van der Waals surface area (Å²) in [6, 6.07) is 11.8. The van der Waals surface area contributed by atoms with E-state index in [9.17, 15) is 4.39 Å². The van der Waals surface area contributed by atoms with E-state index in [1.165, 1.54) is 30.9 Å². The molecule has 1 aliphatic heterocycles. The van der Waals surface area contributed by atoms with Crippen molar-refractivity contribution >= 4 is 5.69 Å². The molecule has 1 aliphatic rings. The molecule has 25 heavy (non-hydrogen) atoms. The van der Waals surface area contributed by atoms with Crippen LogP contribution in [-0.4, -0.2) is 47.5 Å². The molecule has 0 aliphatic carbocycles. The number of piperazine rings is 1. The molecule has 0 amide bonds. The maximum Gasteiger partial charge on any atom is 0.141 e. The average Bonchev–Trinajstić information content (AvgIpc) is 2.64. The Morgan fingerprint density at radius 2 is 1.72 bits per heavy atom. The molecule has 134 valence electrons. The van der Waals surface area contributed by atoms with Crippen molar-refractivity contribution in [1.29, 1.82) is 0 Å². The number of nitrogens with zero attached hydrogens (tertiary/aromatic N) is 3. The van der Waals surface area contributed by atoms with Crippen molar-refractivity contribution in [2.24, 2.45) is 0 Å². The minimum Gasteiger partial charge on any atom is -0.377 e. The number of anilines is 1. The molecular weight excluding hydrogens is 315 g/mol. The van der Waals surface area contributed by atoms with E-state index in [0.717, 1.165) is 37.6 Å². The molecule has 2 aromatic rings. The topological polar surface area (TPSA) is 31.4 Å². The van der Waals surface area contributed by atoms with Gasteiger partial charge >= 0.3 is 0 Å². The quantitative estimate of drug-likeness (QED) is 0.870. The lowest BCUT2D eigenvalue weighted by molar-refractivity contribution is 0.132. The summed E-state index contributed by atoms with van der Waals surface area (Å²) in [6.07, 6.45) is 1.26. The molecule has 2 heterocycles. The molecule has 5 heteroatoms. The van der Waals surface area contributed by atoms with Crippen molar-refractivity contribution in [1.82, 2.24) is 14.8 Å². The third-order valence-corrected chi connectivity index (χ3v) is 4.85. The Labute approximate surface area is 149 Å². The first-order valence-electron chi connectivity index (χ1n) is 9.05. The van der Waals surface area contributed by atoms with Gasteiger partial charge in [-0.2, -0.15) is 0 Å². The Bertz CT molecular complexity index is 648. The minimum atomic E-state index is -0.305. The molecule has 1 saturated heterocycles. The molecule has 3 rings (SSSR count). The number of hydrogen-bond acceptors (Lipinski definition) is 4. The molecule has 0 radical (unpaired) electrons. The zero-order chi connectivity index (χ0) is 17.6. The smallest absolute Gasteiger partial charge is 0.141 e. The van der Waals surface area contributed by atoms with Crippen LogP contribution in [0.2, 0.25) is 0 Å². The van der Waals surface area contributed by atoms with Gasteiger partial charge in [0.2, 0.25) is 0 Å². The molecule has 0 bridgehead atoms. The lowest BCUT2D eigenvalue weighted by Crippen LogP contribution is -2.45. The number of hydrogen-bond donors (Lipinski definition) is 1. The minimum absolute atomic E-state index is 0.0357. The van der Waals surface area contributed by atoms with E-state index < -0.39 is 0 Å². The van der Waals surface area contributed by atoms with E-state index in [4.69, 9.17) is 0 Å². The molecule has 1 fully saturated rings. The van der Waals surface area contributed by atoms with Gasteiger partial charge in [0, 0.05) is 38.4 Å². The van der Waals surface area contributed by atoms with Crippen molar-refractivity contribution < 1.29 is 4.39 Å². The number of likely N-dealkylation sites (N-methyl/N-ethyl adjacent to an activating group) is 1. The highest BCUT2D eigenvalue weighted by Gasteiger charge is 2.15. The Morgan fingerprint density at radius 3 is 2.32 bits per heavy atom. The summed E-state index contributed by atoms with van der Waals surface area (Å²) < 4.78 is 13.0. The normalized spacial score (nSPS) is 17.4. The van der Waals surface area contributed by atoms with Crippen LogP contribution in [0.3, 0.4) is 0 Å². The van der Waals surface area contributed by atoms with Gasteiger partial charge < -0.3 is 10.2 Å². The summed E-state index contributed by atoms with van der Waals surface area (Å²) in [6.45, 7) is 11.0. The fraction of sp³-hybridized carbons (Fsp3) is 0.450. The summed E-state index contributed by atoms with van der Waals surface area (Å²) in [5.41, 5.74) is 3.22. The van der Waals surface area contributed by atoms with Crippen LogP contribution >= 0.6 is 0 Å². The van der Waals surface area contributed by atoms with Crippen LogP contribution in [0, 0.1) is 5.82 Å². The predicted molar refractivity (Wildman–Crippen MR) is 100 cm³/mol. The lowest BCUT2D eigenvalue weighted by atomic mass is 10.1. The summed E-state index contributed by atoms with van der Waals surface area (Å²) in [5, 5.41) is 3.42. The average molecular weight is 342 g/mol. The summed E-state index contributed by atoms with van der Waals surface area (Å²) in [5.74, 6) is -0.305. The molecule has 1 unspecified atom stereocenters. The Morgan fingerprint density at radius 1 is 1.04 bits per heavy atom. The molecule has 1 N–H and O–H groups in total. The van der Waals surface area contributed by atoms with E-state index in [2.05, 4.69) is 51.3 Å². The highest BCUT2D eigenvalue weighted by atomic mass is 19.1. The van der Waals surface area contributed by atoms with Crippen molar-refractivity contribution in [2.75, 3.05) is 38.0 Å². The van der Waals surface area contributed by atoms with Crippen molar-refractivity contribution in [3.8, 4) is 0 Å². The number of nitrogens with one attached hydrogen (secondary N) is 1. The highest BCUT2D eigenvalue weighted by molar-refractivity contribution is 5.46. The van der Waals surface area contributed by atoms with Gasteiger partial charge in [-0.15, -0.1) is 0 Å². The van der Waals surface area contributed by atoms with Crippen molar-refractivity contribution in [3.05, 3.63) is 59.7 Å². The first-order chi connectivity index (χ1) is 12.1. The third kappa shape index (κ3) is 5.00. The molecular formula is C20H27FN4. The molecule has 0 saturated carbocycles. The van der Waals surface area contributed by atoms with Crippen LogP contribution in [0.4, 0.5) is 10.1 Å². The predicted octanol–water partition coefficient (Wildman–Crippen LogP) is 3.53. The molecule has 1 aromatic carbocycles. The van der Waals surface area contributed by atoms with Crippen LogP contribution in [0.25, 0.3) is 0 Å². The Hall–Kier alpha value is -1.98. The van der Waals surface area contributed by atoms with Gasteiger partial charge in [0.05, 0.1) is 17.9 Å². The summed E-state index contributed by atoms with van der Waals surface area (Å²) in [4.78, 5) is 9.14. The molecule has 4 nitrogen and oxygen atoms in total. The standard InChI is InChI=1S/C20H27FN4/c1-3-24-10-12-25(13-11-24)15-17-4-7-19(8-5-17)23-16(2)20-9-6-18(21)14-22-20/h4-9,14,16,23H,3,10-13,15H2,1-2H3. The Kier molecular flexibility index (Phi) is 6.00. The van der Waals surface area contributed by atoms with Gasteiger partial charge in [0.25, 0.3) is 0 Å². The van der Waals surface area contributed by atoms with Gasteiger partial charge in [-0.1, -0.05) is 19.1 Å². The van der Waals surface area contributed by atoms with E-state index in [1.807, 2.05) is 6.92 Å².